The third kappa shape index (κ3) is 3.87. The van der Waals surface area contributed by atoms with Crippen molar-refractivity contribution in [2.24, 2.45) is 0 Å². The molecule has 29 heavy (non-hydrogen) atoms. The molecule has 0 aliphatic carbocycles. The van der Waals surface area contributed by atoms with Crippen LogP contribution in [0, 0.1) is 11.3 Å². The molecule has 0 saturated carbocycles. The number of nitrogens with two attached hydrogens (primary N) is 1. The van der Waals surface area contributed by atoms with Crippen LogP contribution < -0.4 is 16.0 Å². The van der Waals surface area contributed by atoms with Crippen molar-refractivity contribution >= 4 is 29.0 Å². The predicted molar refractivity (Wildman–Crippen MR) is 111 cm³/mol. The highest BCUT2D eigenvalue weighted by Gasteiger charge is 2.34. The van der Waals surface area contributed by atoms with Crippen LogP contribution in [0.15, 0.2) is 30.5 Å². The minimum atomic E-state index is 0.0896. The monoisotopic (exact) mass is 392 g/mol. The average Bonchev–Trinajstić information content (AvgIpc) is 3.07. The lowest BCUT2D eigenvalue weighted by Gasteiger charge is -2.37. The van der Waals surface area contributed by atoms with Crippen LogP contribution in [0.25, 0.3) is 0 Å². The van der Waals surface area contributed by atoms with Gasteiger partial charge in [-0.05, 0) is 31.0 Å². The summed E-state index contributed by atoms with van der Waals surface area (Å²) in [5.41, 5.74) is 7.43. The molecule has 2 saturated heterocycles. The zero-order valence-corrected chi connectivity index (χ0v) is 16.4. The maximum Gasteiger partial charge on any atom is 0.320 e. The van der Waals surface area contributed by atoms with Crippen molar-refractivity contribution in [3.05, 3.63) is 36.2 Å². The Morgan fingerprint density at radius 1 is 1.31 bits per heavy atom. The van der Waals surface area contributed by atoms with Gasteiger partial charge in [-0.25, -0.2) is 14.8 Å². The molecule has 1 unspecified atom stereocenters. The Morgan fingerprint density at radius 3 is 2.90 bits per heavy atom. The van der Waals surface area contributed by atoms with Gasteiger partial charge >= 0.3 is 6.03 Å². The molecule has 9 heteroatoms. The molecular formula is C20H24N8O. The van der Waals surface area contributed by atoms with E-state index in [0.717, 1.165) is 38.2 Å². The molecule has 0 bridgehead atoms. The molecule has 1 aromatic heterocycles. The maximum absolute atomic E-state index is 12.4. The molecule has 3 heterocycles. The van der Waals surface area contributed by atoms with Gasteiger partial charge < -0.3 is 25.8 Å². The van der Waals surface area contributed by atoms with Crippen LogP contribution in [-0.4, -0.2) is 65.1 Å². The average molecular weight is 392 g/mol. The number of hydrogen-bond acceptors (Lipinski definition) is 7. The zero-order valence-electron chi connectivity index (χ0n) is 16.4. The largest absolute Gasteiger partial charge is 0.399 e. The summed E-state index contributed by atoms with van der Waals surface area (Å²) < 4.78 is 0. The van der Waals surface area contributed by atoms with E-state index < -0.39 is 0 Å². The first-order valence-corrected chi connectivity index (χ1v) is 9.71. The minimum absolute atomic E-state index is 0.0896. The molecule has 1 aromatic carbocycles. The van der Waals surface area contributed by atoms with Crippen LogP contribution in [0.3, 0.4) is 0 Å². The smallest absolute Gasteiger partial charge is 0.320 e. The van der Waals surface area contributed by atoms with Gasteiger partial charge in [-0.3, -0.25) is 0 Å². The number of piperidine rings is 1. The Bertz CT molecular complexity index is 956. The van der Waals surface area contributed by atoms with Crippen molar-refractivity contribution in [3.8, 4) is 6.07 Å². The molecule has 3 N–H and O–H groups in total. The van der Waals surface area contributed by atoms with E-state index in [-0.39, 0.29) is 17.8 Å². The van der Waals surface area contributed by atoms with Crippen LogP contribution in [0.2, 0.25) is 0 Å². The number of hydrogen-bond donors (Lipinski definition) is 2. The molecule has 4 rings (SSSR count). The molecule has 2 amide bonds. The summed E-state index contributed by atoms with van der Waals surface area (Å²) in [5, 5.41) is 12.6. The van der Waals surface area contributed by atoms with Crippen molar-refractivity contribution in [1.29, 1.82) is 5.26 Å². The molecule has 0 radical (unpaired) electrons. The molecule has 2 aliphatic heterocycles. The third-order valence-electron chi connectivity index (χ3n) is 5.42. The van der Waals surface area contributed by atoms with Gasteiger partial charge in [-0.15, -0.1) is 0 Å². The molecule has 2 aliphatic rings. The van der Waals surface area contributed by atoms with E-state index in [4.69, 9.17) is 5.73 Å². The van der Waals surface area contributed by atoms with Crippen molar-refractivity contribution in [3.63, 3.8) is 0 Å². The summed E-state index contributed by atoms with van der Waals surface area (Å²) in [5.74, 6) is 1.09. The highest BCUT2D eigenvalue weighted by Crippen LogP contribution is 2.26. The van der Waals surface area contributed by atoms with E-state index in [9.17, 15) is 10.1 Å². The standard InChI is InChI=1S/C20H24N8O/c1-26-8-9-28(20(26)29)16-6-3-7-27(13-16)18-12-23-17(11-21)19(25-18)24-15-5-2-4-14(22)10-15/h2,4-5,10,12,16H,3,6-9,13,22H2,1H3,(H,24,25). The second-order valence-electron chi connectivity index (χ2n) is 7.43. The number of nitrogens with zero attached hydrogens (tertiary/aromatic N) is 6. The van der Waals surface area contributed by atoms with E-state index in [1.807, 2.05) is 24.1 Å². The minimum Gasteiger partial charge on any atom is -0.399 e. The predicted octanol–water partition coefficient (Wildman–Crippen LogP) is 2.01. The van der Waals surface area contributed by atoms with Gasteiger partial charge in [0, 0.05) is 44.6 Å². The molecule has 0 spiro atoms. The zero-order chi connectivity index (χ0) is 20.4. The quantitative estimate of drug-likeness (QED) is 0.765. The second kappa shape index (κ2) is 7.83. The summed E-state index contributed by atoms with van der Waals surface area (Å²) in [6.07, 6.45) is 3.58. The normalized spacial score (nSPS) is 19.4. The molecule has 1 atom stereocenters. The fraction of sp³-hybridized carbons (Fsp3) is 0.400. The van der Waals surface area contributed by atoms with Crippen molar-refractivity contribution in [1.82, 2.24) is 19.8 Å². The van der Waals surface area contributed by atoms with Crippen molar-refractivity contribution in [2.45, 2.75) is 18.9 Å². The van der Waals surface area contributed by atoms with Gasteiger partial charge in [-0.2, -0.15) is 5.26 Å². The SMILES string of the molecule is CN1CCN(C2CCCN(c3cnc(C#N)c(Nc4cccc(N)c4)n3)C2)C1=O. The number of carbonyl (C=O) groups is 1. The van der Waals surface area contributed by atoms with Gasteiger partial charge in [0.15, 0.2) is 11.5 Å². The number of carbonyl (C=O) groups excluding carboxylic acids is 1. The summed E-state index contributed by atoms with van der Waals surface area (Å²) >= 11 is 0. The highest BCUT2D eigenvalue weighted by molar-refractivity contribution is 5.76. The van der Waals surface area contributed by atoms with Crippen LogP contribution in [-0.2, 0) is 0 Å². The first kappa shape index (κ1) is 18.8. The fourth-order valence-electron chi connectivity index (χ4n) is 3.88. The van der Waals surface area contributed by atoms with Crippen LogP contribution in [0.1, 0.15) is 18.5 Å². The molecule has 9 nitrogen and oxygen atoms in total. The lowest BCUT2D eigenvalue weighted by molar-refractivity contribution is 0.175. The Morgan fingerprint density at radius 2 is 2.17 bits per heavy atom. The molecular weight excluding hydrogens is 368 g/mol. The Kier molecular flexibility index (Phi) is 5.08. The molecule has 2 fully saturated rings. The Hall–Kier alpha value is -3.54. The number of amides is 2. The van der Waals surface area contributed by atoms with Crippen molar-refractivity contribution < 1.29 is 4.79 Å². The highest BCUT2D eigenvalue weighted by atomic mass is 16.2. The molecule has 2 aromatic rings. The first-order chi connectivity index (χ1) is 14.0. The van der Waals surface area contributed by atoms with E-state index in [0.29, 0.717) is 23.9 Å². The topological polar surface area (TPSA) is 114 Å². The number of nitrogens with one attached hydrogen (secondary N) is 1. The maximum atomic E-state index is 12.4. The van der Waals surface area contributed by atoms with E-state index in [1.165, 1.54) is 0 Å². The van der Waals surface area contributed by atoms with Crippen LogP contribution in [0.5, 0.6) is 0 Å². The summed E-state index contributed by atoms with van der Waals surface area (Å²) in [6.45, 7) is 3.07. The summed E-state index contributed by atoms with van der Waals surface area (Å²) in [4.78, 5) is 27.2. The first-order valence-electron chi connectivity index (χ1n) is 9.71. The second-order valence-corrected chi connectivity index (χ2v) is 7.43. The number of aromatic nitrogens is 2. The van der Waals surface area contributed by atoms with Crippen LogP contribution in [0.4, 0.5) is 27.8 Å². The van der Waals surface area contributed by atoms with E-state index in [1.54, 1.807) is 23.2 Å². The number of benzene rings is 1. The fourth-order valence-corrected chi connectivity index (χ4v) is 3.88. The lowest BCUT2D eigenvalue weighted by atomic mass is 10.0. The Labute approximate surface area is 169 Å². The number of rotatable bonds is 4. The van der Waals surface area contributed by atoms with E-state index in [2.05, 4.69) is 26.3 Å². The molecule has 150 valence electrons. The summed E-state index contributed by atoms with van der Waals surface area (Å²) in [6, 6.07) is 9.59. The number of urea groups is 1. The van der Waals surface area contributed by atoms with E-state index >= 15 is 0 Å². The lowest BCUT2D eigenvalue weighted by Crippen LogP contribution is -2.49. The van der Waals surface area contributed by atoms with Crippen molar-refractivity contribution in [2.75, 3.05) is 49.2 Å². The number of likely N-dealkylation sites (N-methyl/N-ethyl adjacent to an activating group) is 1. The third-order valence-corrected chi connectivity index (χ3v) is 5.42. The van der Waals surface area contributed by atoms with Gasteiger partial charge in [0.1, 0.15) is 11.9 Å². The van der Waals surface area contributed by atoms with Crippen LogP contribution >= 0.6 is 0 Å². The number of nitrogen functional groups attached to an aromatic ring is 1. The summed E-state index contributed by atoms with van der Waals surface area (Å²) in [7, 11) is 1.84. The number of anilines is 4. The Balaban J connectivity index is 1.55. The van der Waals surface area contributed by atoms with Gasteiger partial charge in [0.05, 0.1) is 12.2 Å². The van der Waals surface area contributed by atoms with Gasteiger partial charge in [0.25, 0.3) is 0 Å². The number of nitriles is 1. The van der Waals surface area contributed by atoms with Gasteiger partial charge in [0.2, 0.25) is 0 Å². The van der Waals surface area contributed by atoms with Gasteiger partial charge in [-0.1, -0.05) is 6.07 Å².